The molecule has 1 saturated carbocycles. The third-order valence-electron chi connectivity index (χ3n) is 4.24. The predicted molar refractivity (Wildman–Crippen MR) is 82.7 cm³/mol. The number of hydrogen-bond acceptors (Lipinski definition) is 3. The summed E-state index contributed by atoms with van der Waals surface area (Å²) in [7, 11) is 0. The first kappa shape index (κ1) is 18.0. The largest absolute Gasteiger partial charge is 0.396 e. The molecular formula is C16H30N2O3. The zero-order valence-electron chi connectivity index (χ0n) is 13.4. The number of hydrogen-bond donors (Lipinski definition) is 3. The number of nitrogens with one attached hydrogen (secondary N) is 2. The third-order valence-corrected chi connectivity index (χ3v) is 4.24. The first-order valence-electron chi connectivity index (χ1n) is 8.19. The van der Waals surface area contributed by atoms with Crippen LogP contribution in [0.25, 0.3) is 0 Å². The number of carbonyl (C=O) groups excluding carboxylic acids is 2. The van der Waals surface area contributed by atoms with E-state index in [1.807, 2.05) is 13.8 Å². The second-order valence-electron chi connectivity index (χ2n) is 6.42. The van der Waals surface area contributed by atoms with Crippen molar-refractivity contribution in [3.05, 3.63) is 0 Å². The molecule has 1 aliphatic rings. The van der Waals surface area contributed by atoms with Gasteiger partial charge >= 0.3 is 0 Å². The van der Waals surface area contributed by atoms with Gasteiger partial charge in [-0.05, 0) is 31.1 Å². The lowest BCUT2D eigenvalue weighted by Crippen LogP contribution is -2.44. The van der Waals surface area contributed by atoms with Crippen LogP contribution in [0.2, 0.25) is 0 Å². The zero-order valence-corrected chi connectivity index (χ0v) is 13.4. The number of carbonyl (C=O) groups is 2. The van der Waals surface area contributed by atoms with Crippen molar-refractivity contribution in [2.75, 3.05) is 13.2 Å². The molecule has 0 bridgehead atoms. The Morgan fingerprint density at radius 3 is 2.38 bits per heavy atom. The first-order valence-corrected chi connectivity index (χ1v) is 8.19. The average Bonchev–Trinajstić information content (AvgIpc) is 2.45. The molecule has 122 valence electrons. The quantitative estimate of drug-likeness (QED) is 0.637. The highest BCUT2D eigenvalue weighted by molar-refractivity contribution is 5.84. The van der Waals surface area contributed by atoms with Crippen molar-refractivity contribution in [1.82, 2.24) is 10.6 Å². The van der Waals surface area contributed by atoms with E-state index in [-0.39, 0.29) is 36.9 Å². The zero-order chi connectivity index (χ0) is 15.7. The van der Waals surface area contributed by atoms with Crippen molar-refractivity contribution in [2.45, 2.75) is 64.8 Å². The van der Waals surface area contributed by atoms with Gasteiger partial charge in [0.2, 0.25) is 11.8 Å². The molecule has 1 unspecified atom stereocenters. The van der Waals surface area contributed by atoms with E-state index < -0.39 is 0 Å². The maximum atomic E-state index is 11.8. The van der Waals surface area contributed by atoms with E-state index in [1.54, 1.807) is 0 Å². The van der Waals surface area contributed by atoms with Crippen LogP contribution in [-0.2, 0) is 9.59 Å². The summed E-state index contributed by atoms with van der Waals surface area (Å²) in [5, 5.41) is 14.5. The first-order chi connectivity index (χ1) is 10.0. The van der Waals surface area contributed by atoms with Crippen LogP contribution >= 0.6 is 0 Å². The van der Waals surface area contributed by atoms with Crippen LogP contribution < -0.4 is 10.6 Å². The minimum atomic E-state index is -0.181. The molecule has 21 heavy (non-hydrogen) atoms. The Hall–Kier alpha value is -1.10. The van der Waals surface area contributed by atoms with Gasteiger partial charge in [0.05, 0.1) is 6.54 Å². The van der Waals surface area contributed by atoms with Crippen molar-refractivity contribution in [3.63, 3.8) is 0 Å². The third kappa shape index (κ3) is 7.46. The SMILES string of the molecule is CC(C)C(CCO)NC(=O)CNC(=O)CC1CCCCC1. The Morgan fingerprint density at radius 1 is 1.14 bits per heavy atom. The molecule has 3 N–H and O–H groups in total. The normalized spacial score (nSPS) is 17.5. The molecule has 0 saturated heterocycles. The van der Waals surface area contributed by atoms with Gasteiger partial charge in [-0.2, -0.15) is 0 Å². The number of aliphatic hydroxyl groups excluding tert-OH is 1. The molecule has 0 radical (unpaired) electrons. The maximum Gasteiger partial charge on any atom is 0.239 e. The lowest BCUT2D eigenvalue weighted by atomic mass is 9.87. The molecule has 0 spiro atoms. The van der Waals surface area contributed by atoms with E-state index in [0.29, 0.717) is 18.8 Å². The van der Waals surface area contributed by atoms with Gasteiger partial charge in [-0.1, -0.05) is 33.1 Å². The molecule has 0 aliphatic heterocycles. The summed E-state index contributed by atoms with van der Waals surface area (Å²) in [6, 6.07) is -0.0438. The summed E-state index contributed by atoms with van der Waals surface area (Å²) in [6.07, 6.45) is 7.06. The Kier molecular flexibility index (Phi) is 8.35. The molecule has 1 fully saturated rings. The molecule has 1 rings (SSSR count). The van der Waals surface area contributed by atoms with Crippen LogP contribution in [0.3, 0.4) is 0 Å². The molecule has 5 nitrogen and oxygen atoms in total. The highest BCUT2D eigenvalue weighted by Gasteiger charge is 2.18. The number of aliphatic hydroxyl groups is 1. The number of rotatable bonds is 8. The van der Waals surface area contributed by atoms with Crippen molar-refractivity contribution in [2.24, 2.45) is 11.8 Å². The Labute approximate surface area is 127 Å². The minimum absolute atomic E-state index is 0.0275. The van der Waals surface area contributed by atoms with Crippen LogP contribution in [-0.4, -0.2) is 36.1 Å². The van der Waals surface area contributed by atoms with E-state index in [1.165, 1.54) is 19.3 Å². The van der Waals surface area contributed by atoms with Crippen LogP contribution in [0.5, 0.6) is 0 Å². The lowest BCUT2D eigenvalue weighted by Gasteiger charge is -2.22. The van der Waals surface area contributed by atoms with Gasteiger partial charge in [-0.15, -0.1) is 0 Å². The summed E-state index contributed by atoms with van der Waals surface area (Å²) < 4.78 is 0. The van der Waals surface area contributed by atoms with Crippen molar-refractivity contribution in [3.8, 4) is 0 Å². The van der Waals surface area contributed by atoms with Gasteiger partial charge in [0.15, 0.2) is 0 Å². The highest BCUT2D eigenvalue weighted by Crippen LogP contribution is 2.25. The Morgan fingerprint density at radius 2 is 1.81 bits per heavy atom. The fraction of sp³-hybridized carbons (Fsp3) is 0.875. The van der Waals surface area contributed by atoms with Gasteiger partial charge in [-0.25, -0.2) is 0 Å². The van der Waals surface area contributed by atoms with Gasteiger partial charge in [0.25, 0.3) is 0 Å². The molecule has 1 atom stereocenters. The molecule has 1 aliphatic carbocycles. The minimum Gasteiger partial charge on any atom is -0.396 e. The van der Waals surface area contributed by atoms with Crippen molar-refractivity contribution in [1.29, 1.82) is 0 Å². The van der Waals surface area contributed by atoms with Gasteiger partial charge in [0.1, 0.15) is 0 Å². The summed E-state index contributed by atoms with van der Waals surface area (Å²) in [5.41, 5.74) is 0. The van der Waals surface area contributed by atoms with Crippen LogP contribution in [0.4, 0.5) is 0 Å². The van der Waals surface area contributed by atoms with E-state index in [4.69, 9.17) is 5.11 Å². The fourth-order valence-corrected chi connectivity index (χ4v) is 2.87. The molecule has 0 aromatic carbocycles. The summed E-state index contributed by atoms with van der Waals surface area (Å²) in [5.74, 6) is 0.540. The lowest BCUT2D eigenvalue weighted by molar-refractivity contribution is -0.127. The predicted octanol–water partition coefficient (Wildman–Crippen LogP) is 1.60. The van der Waals surface area contributed by atoms with E-state index >= 15 is 0 Å². The Balaban J connectivity index is 2.23. The van der Waals surface area contributed by atoms with Gasteiger partial charge in [-0.3, -0.25) is 9.59 Å². The highest BCUT2D eigenvalue weighted by atomic mass is 16.3. The van der Waals surface area contributed by atoms with E-state index in [0.717, 1.165) is 12.8 Å². The van der Waals surface area contributed by atoms with Crippen LogP contribution in [0.1, 0.15) is 58.8 Å². The Bertz CT molecular complexity index is 325. The monoisotopic (exact) mass is 298 g/mol. The smallest absolute Gasteiger partial charge is 0.239 e. The van der Waals surface area contributed by atoms with Gasteiger partial charge < -0.3 is 15.7 Å². The summed E-state index contributed by atoms with van der Waals surface area (Å²) >= 11 is 0. The standard InChI is InChI=1S/C16H30N2O3/c1-12(2)14(8-9-19)18-16(21)11-17-15(20)10-13-6-4-3-5-7-13/h12-14,19H,3-11H2,1-2H3,(H,17,20)(H,18,21). The topological polar surface area (TPSA) is 78.4 Å². The van der Waals surface area contributed by atoms with Crippen LogP contribution in [0, 0.1) is 11.8 Å². The van der Waals surface area contributed by atoms with Gasteiger partial charge in [0, 0.05) is 19.1 Å². The maximum absolute atomic E-state index is 11.8. The fourth-order valence-electron chi connectivity index (χ4n) is 2.87. The summed E-state index contributed by atoms with van der Waals surface area (Å²) in [6.45, 7) is 4.09. The molecule has 0 aromatic rings. The second kappa shape index (κ2) is 9.77. The van der Waals surface area contributed by atoms with Crippen molar-refractivity contribution >= 4 is 11.8 Å². The van der Waals surface area contributed by atoms with E-state index in [9.17, 15) is 9.59 Å². The van der Waals surface area contributed by atoms with Crippen molar-refractivity contribution < 1.29 is 14.7 Å². The molecule has 0 heterocycles. The van der Waals surface area contributed by atoms with Crippen LogP contribution in [0.15, 0.2) is 0 Å². The molecule has 0 aromatic heterocycles. The summed E-state index contributed by atoms with van der Waals surface area (Å²) in [4.78, 5) is 23.7. The molecule has 2 amide bonds. The molecular weight excluding hydrogens is 268 g/mol. The average molecular weight is 298 g/mol. The van der Waals surface area contributed by atoms with E-state index in [2.05, 4.69) is 10.6 Å². The molecule has 5 heteroatoms. The second-order valence-corrected chi connectivity index (χ2v) is 6.42. The number of amides is 2.